The van der Waals surface area contributed by atoms with Crippen molar-refractivity contribution in [2.45, 2.75) is 13.0 Å². The summed E-state index contributed by atoms with van der Waals surface area (Å²) in [6.45, 7) is 2.91. The van der Waals surface area contributed by atoms with Crippen LogP contribution in [0.2, 0.25) is 0 Å². The Kier molecular flexibility index (Phi) is 0.994. The maximum absolute atomic E-state index is 8.27. The van der Waals surface area contributed by atoms with Crippen molar-refractivity contribution in [3.05, 3.63) is 0 Å². The maximum atomic E-state index is 8.27. The van der Waals surface area contributed by atoms with E-state index in [1.165, 1.54) is 0 Å². The molecule has 1 heterocycles. The van der Waals surface area contributed by atoms with Crippen molar-refractivity contribution < 1.29 is 0 Å². The Morgan fingerprint density at radius 2 is 2.57 bits per heavy atom. The molecule has 0 radical (unpaired) electrons. The Balaban J connectivity index is 2.33. The summed E-state index contributed by atoms with van der Waals surface area (Å²) >= 11 is 0. The molecule has 2 atom stereocenters. The molecule has 2 heteroatoms. The Hall–Kier alpha value is -0.550. The first-order chi connectivity index (χ1) is 3.34. The Bertz CT molecular complexity index is 103. The van der Waals surface area contributed by atoms with E-state index in [2.05, 4.69) is 11.4 Å². The molecular formula is C5H8N2. The van der Waals surface area contributed by atoms with E-state index < -0.39 is 0 Å². The molecular weight excluding hydrogens is 88.1 g/mol. The van der Waals surface area contributed by atoms with E-state index in [1.807, 2.05) is 6.92 Å². The molecule has 0 bridgehead atoms. The van der Waals surface area contributed by atoms with Crippen LogP contribution >= 0.6 is 0 Å². The number of nitrogens with zero attached hydrogens (tertiary/aromatic N) is 1. The Morgan fingerprint density at radius 1 is 1.86 bits per heavy atom. The molecule has 1 aliphatic heterocycles. The van der Waals surface area contributed by atoms with Gasteiger partial charge in [-0.05, 0) is 6.92 Å². The first kappa shape index (κ1) is 4.61. The second-order valence-electron chi connectivity index (χ2n) is 1.93. The molecule has 1 unspecified atom stereocenters. The number of rotatable bonds is 0. The molecule has 0 saturated carbocycles. The second-order valence-corrected chi connectivity index (χ2v) is 1.93. The number of hydrogen-bond acceptors (Lipinski definition) is 2. The minimum Gasteiger partial charge on any atom is -0.312 e. The van der Waals surface area contributed by atoms with Gasteiger partial charge in [-0.1, -0.05) is 0 Å². The van der Waals surface area contributed by atoms with Gasteiger partial charge in [0.1, 0.15) is 0 Å². The number of hydrogen-bond donors (Lipinski definition) is 1. The summed E-state index contributed by atoms with van der Waals surface area (Å²) in [5.74, 6) is 0.278. The van der Waals surface area contributed by atoms with Gasteiger partial charge < -0.3 is 5.32 Å². The summed E-state index contributed by atoms with van der Waals surface area (Å²) in [5, 5.41) is 11.4. The first-order valence-electron chi connectivity index (χ1n) is 2.47. The highest BCUT2D eigenvalue weighted by molar-refractivity contribution is 4.98. The van der Waals surface area contributed by atoms with Crippen molar-refractivity contribution in [3.8, 4) is 6.07 Å². The van der Waals surface area contributed by atoms with Gasteiger partial charge in [-0.15, -0.1) is 0 Å². The largest absolute Gasteiger partial charge is 0.312 e. The molecule has 1 fully saturated rings. The van der Waals surface area contributed by atoms with Crippen LogP contribution in [0.1, 0.15) is 6.92 Å². The topological polar surface area (TPSA) is 35.8 Å². The summed E-state index contributed by atoms with van der Waals surface area (Å²) in [7, 11) is 0. The minimum atomic E-state index is 0.278. The Labute approximate surface area is 43.1 Å². The van der Waals surface area contributed by atoms with E-state index in [9.17, 15) is 0 Å². The molecule has 0 amide bonds. The van der Waals surface area contributed by atoms with Gasteiger partial charge in [0, 0.05) is 12.6 Å². The average Bonchev–Trinajstić information content (AvgIpc) is 1.65. The molecule has 1 N–H and O–H groups in total. The van der Waals surface area contributed by atoms with E-state index in [0.29, 0.717) is 6.04 Å². The monoisotopic (exact) mass is 96.1 g/mol. The lowest BCUT2D eigenvalue weighted by molar-refractivity contribution is 0.315. The van der Waals surface area contributed by atoms with Gasteiger partial charge in [-0.25, -0.2) is 0 Å². The standard InChI is InChI=1S/C5H8N2/c1-4-5(2-6)3-7-4/h4-5,7H,3H2,1H3/t4-,5?/m0/s1. The van der Waals surface area contributed by atoms with Gasteiger partial charge >= 0.3 is 0 Å². The van der Waals surface area contributed by atoms with Crippen LogP contribution in [-0.2, 0) is 0 Å². The van der Waals surface area contributed by atoms with Gasteiger partial charge in [0.05, 0.1) is 12.0 Å². The van der Waals surface area contributed by atoms with Gasteiger partial charge in [-0.2, -0.15) is 5.26 Å². The van der Waals surface area contributed by atoms with Crippen LogP contribution in [0.25, 0.3) is 0 Å². The zero-order valence-corrected chi connectivity index (χ0v) is 4.31. The molecule has 7 heavy (non-hydrogen) atoms. The van der Waals surface area contributed by atoms with Crippen molar-refractivity contribution in [2.24, 2.45) is 5.92 Å². The van der Waals surface area contributed by atoms with E-state index in [0.717, 1.165) is 6.54 Å². The SMILES string of the molecule is C[C@@H]1NCC1C#N. The lowest BCUT2D eigenvalue weighted by atomic mass is 9.95. The fraction of sp³-hybridized carbons (Fsp3) is 0.800. The van der Waals surface area contributed by atoms with Crippen LogP contribution in [-0.4, -0.2) is 12.6 Å². The maximum Gasteiger partial charge on any atom is 0.0738 e. The lowest BCUT2D eigenvalue weighted by Gasteiger charge is -2.29. The summed E-state index contributed by atoms with van der Waals surface area (Å²) in [4.78, 5) is 0. The molecule has 0 aromatic heterocycles. The van der Waals surface area contributed by atoms with Crippen molar-refractivity contribution in [1.29, 1.82) is 5.26 Å². The van der Waals surface area contributed by atoms with Crippen LogP contribution < -0.4 is 5.32 Å². The number of nitrogens with one attached hydrogen (secondary N) is 1. The van der Waals surface area contributed by atoms with E-state index >= 15 is 0 Å². The average molecular weight is 96.1 g/mol. The van der Waals surface area contributed by atoms with Crippen LogP contribution in [0.15, 0.2) is 0 Å². The predicted octanol–water partition coefficient (Wildman–Crippen LogP) is 0.118. The van der Waals surface area contributed by atoms with Crippen LogP contribution in [0.4, 0.5) is 0 Å². The molecule has 0 aromatic carbocycles. The molecule has 2 nitrogen and oxygen atoms in total. The molecule has 0 aromatic rings. The van der Waals surface area contributed by atoms with Crippen LogP contribution in [0, 0.1) is 17.2 Å². The zero-order valence-electron chi connectivity index (χ0n) is 4.31. The van der Waals surface area contributed by atoms with E-state index in [1.54, 1.807) is 0 Å². The normalized spacial score (nSPS) is 38.9. The third-order valence-electron chi connectivity index (χ3n) is 1.43. The van der Waals surface area contributed by atoms with Crippen LogP contribution in [0.5, 0.6) is 0 Å². The van der Waals surface area contributed by atoms with Gasteiger partial charge in [0.15, 0.2) is 0 Å². The smallest absolute Gasteiger partial charge is 0.0738 e. The summed E-state index contributed by atoms with van der Waals surface area (Å²) in [5.41, 5.74) is 0. The van der Waals surface area contributed by atoms with Crippen molar-refractivity contribution in [3.63, 3.8) is 0 Å². The molecule has 1 aliphatic rings. The quantitative estimate of drug-likeness (QED) is 0.465. The highest BCUT2D eigenvalue weighted by Gasteiger charge is 2.24. The third-order valence-corrected chi connectivity index (χ3v) is 1.43. The second kappa shape index (κ2) is 1.51. The number of nitriles is 1. The minimum absolute atomic E-state index is 0.278. The predicted molar refractivity (Wildman–Crippen MR) is 26.6 cm³/mol. The zero-order chi connectivity index (χ0) is 5.28. The highest BCUT2D eigenvalue weighted by Crippen LogP contribution is 2.09. The fourth-order valence-corrected chi connectivity index (χ4v) is 0.629. The van der Waals surface area contributed by atoms with Gasteiger partial charge in [0.25, 0.3) is 0 Å². The van der Waals surface area contributed by atoms with Crippen molar-refractivity contribution >= 4 is 0 Å². The first-order valence-corrected chi connectivity index (χ1v) is 2.47. The summed E-state index contributed by atoms with van der Waals surface area (Å²) in [6.07, 6.45) is 0. The van der Waals surface area contributed by atoms with Crippen LogP contribution in [0.3, 0.4) is 0 Å². The summed E-state index contributed by atoms with van der Waals surface area (Å²) < 4.78 is 0. The van der Waals surface area contributed by atoms with Gasteiger partial charge in [-0.3, -0.25) is 0 Å². The van der Waals surface area contributed by atoms with Crippen molar-refractivity contribution in [2.75, 3.05) is 6.54 Å². The molecule has 1 saturated heterocycles. The molecule has 1 rings (SSSR count). The third kappa shape index (κ3) is 0.594. The van der Waals surface area contributed by atoms with E-state index in [4.69, 9.17) is 5.26 Å². The Morgan fingerprint density at radius 3 is 2.57 bits per heavy atom. The fourth-order valence-electron chi connectivity index (χ4n) is 0.629. The van der Waals surface area contributed by atoms with E-state index in [-0.39, 0.29) is 5.92 Å². The molecule has 0 spiro atoms. The van der Waals surface area contributed by atoms with Crippen molar-refractivity contribution in [1.82, 2.24) is 5.32 Å². The lowest BCUT2D eigenvalue weighted by Crippen LogP contribution is -2.49. The van der Waals surface area contributed by atoms with Gasteiger partial charge in [0.2, 0.25) is 0 Å². The molecule has 0 aliphatic carbocycles. The molecule has 38 valence electrons. The summed E-state index contributed by atoms with van der Waals surface area (Å²) in [6, 6.07) is 2.62. The highest BCUT2D eigenvalue weighted by atomic mass is 15.0.